The van der Waals surface area contributed by atoms with Gasteiger partial charge in [0, 0.05) is 18.1 Å². The lowest BCUT2D eigenvalue weighted by Gasteiger charge is -2.11. The van der Waals surface area contributed by atoms with Crippen LogP contribution in [0.3, 0.4) is 0 Å². The maximum Gasteiger partial charge on any atom is 0.138 e. The molecule has 0 nitrogen and oxygen atoms in total. The van der Waals surface area contributed by atoms with Gasteiger partial charge in [-0.25, -0.2) is 17.6 Å². The Kier molecular flexibility index (Phi) is 5.94. The number of unbranched alkanes of at least 4 members (excludes halogenated alkanes) is 4. The van der Waals surface area contributed by atoms with Gasteiger partial charge in [0.2, 0.25) is 0 Å². The fourth-order valence-corrected chi connectivity index (χ4v) is 4.37. The molecule has 0 saturated heterocycles. The lowest BCUT2D eigenvalue weighted by atomic mass is 9.97. The van der Waals surface area contributed by atoms with E-state index in [1.54, 1.807) is 0 Å². The highest BCUT2D eigenvalue weighted by atomic mass is 19.1. The lowest BCUT2D eigenvalue weighted by Crippen LogP contribution is -1.98. The van der Waals surface area contributed by atoms with Gasteiger partial charge in [-0.1, -0.05) is 50.8 Å². The fourth-order valence-electron chi connectivity index (χ4n) is 4.37. The quantitative estimate of drug-likeness (QED) is 0.213. The van der Waals surface area contributed by atoms with E-state index >= 15 is 4.39 Å². The van der Waals surface area contributed by atoms with E-state index in [0.29, 0.717) is 23.6 Å². The van der Waals surface area contributed by atoms with E-state index in [0.717, 1.165) is 36.1 Å². The molecule has 3 aromatic rings. The molecule has 0 unspecified atom stereocenters. The Hall–Kier alpha value is -2.62. The number of benzene rings is 3. The Morgan fingerprint density at radius 3 is 2.23 bits per heavy atom. The van der Waals surface area contributed by atoms with Crippen molar-refractivity contribution in [2.45, 2.75) is 51.9 Å². The summed E-state index contributed by atoms with van der Waals surface area (Å²) in [5, 5.41) is 0. The predicted octanol–water partition coefficient (Wildman–Crippen LogP) is 7.99. The molecule has 0 aromatic heterocycles. The van der Waals surface area contributed by atoms with Crippen LogP contribution in [-0.4, -0.2) is 0 Å². The van der Waals surface area contributed by atoms with Crippen molar-refractivity contribution in [3.8, 4) is 22.3 Å². The molecule has 4 rings (SSSR count). The average molecular weight is 412 g/mol. The molecule has 0 N–H and O–H groups in total. The van der Waals surface area contributed by atoms with Gasteiger partial charge >= 0.3 is 0 Å². The molecule has 1 aliphatic carbocycles. The fraction of sp³-hybridized carbons (Fsp3) is 0.308. The van der Waals surface area contributed by atoms with Gasteiger partial charge in [0.15, 0.2) is 0 Å². The number of halogens is 4. The number of aryl methyl sites for hydroxylation is 1. The van der Waals surface area contributed by atoms with Crippen molar-refractivity contribution in [2.75, 3.05) is 0 Å². The highest BCUT2D eigenvalue weighted by molar-refractivity contribution is 5.81. The highest BCUT2D eigenvalue weighted by Gasteiger charge is 2.27. The van der Waals surface area contributed by atoms with Gasteiger partial charge in [0.1, 0.15) is 23.3 Å². The molecule has 1 aliphatic rings. The molecule has 30 heavy (non-hydrogen) atoms. The molecule has 3 aromatic carbocycles. The Labute approximate surface area is 174 Å². The van der Waals surface area contributed by atoms with E-state index in [2.05, 4.69) is 13.0 Å². The van der Waals surface area contributed by atoms with Gasteiger partial charge in [-0.05, 0) is 58.9 Å². The molecule has 0 radical (unpaired) electrons. The summed E-state index contributed by atoms with van der Waals surface area (Å²) in [6.45, 7) is 2.19. The summed E-state index contributed by atoms with van der Waals surface area (Å²) in [5.74, 6) is -3.29. The minimum atomic E-state index is -0.865. The van der Waals surface area contributed by atoms with Crippen molar-refractivity contribution in [1.29, 1.82) is 0 Å². The second kappa shape index (κ2) is 8.63. The van der Waals surface area contributed by atoms with E-state index in [9.17, 15) is 13.2 Å². The Bertz CT molecular complexity index is 1060. The van der Waals surface area contributed by atoms with Gasteiger partial charge in [-0.2, -0.15) is 0 Å². The maximum atomic E-state index is 15.3. The third kappa shape index (κ3) is 4.00. The SMILES string of the molecule is CCCCCCCc1ccc2c(c1)Cc1c-2cc(F)c(-c2cc(F)cc(F)c2)c1F. The van der Waals surface area contributed by atoms with Crippen LogP contribution in [0.25, 0.3) is 22.3 Å². The third-order valence-electron chi connectivity index (χ3n) is 5.87. The van der Waals surface area contributed by atoms with Crippen LogP contribution in [0, 0.1) is 23.3 Å². The zero-order valence-corrected chi connectivity index (χ0v) is 17.0. The standard InChI is InChI=1S/C26H24F4/c1-2-3-4-5-6-7-16-8-9-21-17(10-16)13-23-22(21)15-24(29)25(26(23)30)18-11-19(27)14-20(28)12-18/h8-12,14-15H,2-7,13H2,1H3. The van der Waals surface area contributed by atoms with Gasteiger partial charge in [0.05, 0.1) is 5.56 Å². The Morgan fingerprint density at radius 2 is 1.50 bits per heavy atom. The smallest absolute Gasteiger partial charge is 0.138 e. The largest absolute Gasteiger partial charge is 0.207 e. The molecule has 0 bridgehead atoms. The van der Waals surface area contributed by atoms with Crippen molar-refractivity contribution < 1.29 is 17.6 Å². The third-order valence-corrected chi connectivity index (χ3v) is 5.87. The van der Waals surface area contributed by atoms with Gasteiger partial charge in [-0.3, -0.25) is 0 Å². The summed E-state index contributed by atoms with van der Waals surface area (Å²) in [6, 6.07) is 9.92. The molecule has 0 saturated carbocycles. The first kappa shape index (κ1) is 20.6. The van der Waals surface area contributed by atoms with E-state index < -0.39 is 23.3 Å². The van der Waals surface area contributed by atoms with Gasteiger partial charge < -0.3 is 0 Å². The molecule has 0 amide bonds. The Morgan fingerprint density at radius 1 is 0.767 bits per heavy atom. The van der Waals surface area contributed by atoms with Crippen LogP contribution >= 0.6 is 0 Å². The van der Waals surface area contributed by atoms with E-state index in [1.807, 2.05) is 12.1 Å². The zero-order valence-electron chi connectivity index (χ0n) is 17.0. The zero-order chi connectivity index (χ0) is 21.3. The lowest BCUT2D eigenvalue weighted by molar-refractivity contribution is 0.575. The predicted molar refractivity (Wildman–Crippen MR) is 112 cm³/mol. The number of rotatable bonds is 7. The van der Waals surface area contributed by atoms with Gasteiger partial charge in [-0.15, -0.1) is 0 Å². The van der Waals surface area contributed by atoms with Crippen molar-refractivity contribution in [2.24, 2.45) is 0 Å². The minimum absolute atomic E-state index is 0.131. The molecule has 0 heterocycles. The number of hydrogen-bond acceptors (Lipinski definition) is 0. The number of hydrogen-bond donors (Lipinski definition) is 0. The highest BCUT2D eigenvalue weighted by Crippen LogP contribution is 2.42. The first-order valence-electron chi connectivity index (χ1n) is 10.6. The Balaban J connectivity index is 1.63. The van der Waals surface area contributed by atoms with Crippen molar-refractivity contribution in [3.05, 3.63) is 82.4 Å². The van der Waals surface area contributed by atoms with Crippen LogP contribution in [0.2, 0.25) is 0 Å². The monoisotopic (exact) mass is 412 g/mol. The first-order valence-corrected chi connectivity index (χ1v) is 10.6. The summed E-state index contributed by atoms with van der Waals surface area (Å²) < 4.78 is 57.3. The molecule has 4 heteroatoms. The molecular weight excluding hydrogens is 388 g/mol. The molecular formula is C26H24F4. The first-order chi connectivity index (χ1) is 14.5. The molecule has 0 spiro atoms. The van der Waals surface area contributed by atoms with Crippen LogP contribution in [0.15, 0.2) is 42.5 Å². The second-order valence-corrected chi connectivity index (χ2v) is 8.06. The molecule has 0 atom stereocenters. The van der Waals surface area contributed by atoms with Crippen LogP contribution in [0.5, 0.6) is 0 Å². The summed E-state index contributed by atoms with van der Waals surface area (Å²) >= 11 is 0. The van der Waals surface area contributed by atoms with E-state index in [-0.39, 0.29) is 11.1 Å². The molecule has 156 valence electrons. The molecule has 0 aliphatic heterocycles. The summed E-state index contributed by atoms with van der Waals surface area (Å²) in [6.07, 6.45) is 7.33. The summed E-state index contributed by atoms with van der Waals surface area (Å²) in [4.78, 5) is 0. The number of fused-ring (bicyclic) bond motifs is 3. The van der Waals surface area contributed by atoms with Gasteiger partial charge in [0.25, 0.3) is 0 Å². The second-order valence-electron chi connectivity index (χ2n) is 8.06. The van der Waals surface area contributed by atoms with E-state index in [4.69, 9.17) is 0 Å². The van der Waals surface area contributed by atoms with Crippen LogP contribution in [-0.2, 0) is 12.8 Å². The maximum absolute atomic E-state index is 15.3. The minimum Gasteiger partial charge on any atom is -0.207 e. The average Bonchev–Trinajstić information content (AvgIpc) is 3.05. The summed E-state index contributed by atoms with van der Waals surface area (Å²) in [7, 11) is 0. The molecule has 0 fully saturated rings. The van der Waals surface area contributed by atoms with Crippen LogP contribution < -0.4 is 0 Å². The van der Waals surface area contributed by atoms with Crippen molar-refractivity contribution >= 4 is 0 Å². The van der Waals surface area contributed by atoms with Crippen molar-refractivity contribution in [1.82, 2.24) is 0 Å². The van der Waals surface area contributed by atoms with E-state index in [1.165, 1.54) is 37.3 Å². The van der Waals surface area contributed by atoms with Crippen LogP contribution in [0.1, 0.15) is 55.7 Å². The van der Waals surface area contributed by atoms with Crippen molar-refractivity contribution in [3.63, 3.8) is 0 Å². The topological polar surface area (TPSA) is 0 Å². The van der Waals surface area contributed by atoms with Crippen LogP contribution in [0.4, 0.5) is 17.6 Å². The summed E-state index contributed by atoms with van der Waals surface area (Å²) in [5.41, 5.74) is 3.39. The normalized spacial score (nSPS) is 12.2.